The topological polar surface area (TPSA) is 52.3 Å². The second-order valence-electron chi connectivity index (χ2n) is 5.01. The highest BCUT2D eigenvalue weighted by molar-refractivity contribution is 6.30. The first-order chi connectivity index (χ1) is 11.2. The molecule has 0 N–H and O–H groups in total. The van der Waals surface area contributed by atoms with E-state index in [4.69, 9.17) is 20.9 Å². The van der Waals surface area contributed by atoms with E-state index in [9.17, 15) is 4.79 Å². The van der Waals surface area contributed by atoms with Crippen molar-refractivity contribution in [2.45, 2.75) is 13.0 Å². The van der Waals surface area contributed by atoms with E-state index in [2.05, 4.69) is 5.16 Å². The van der Waals surface area contributed by atoms with Crippen LogP contribution in [0.1, 0.15) is 11.3 Å². The lowest BCUT2D eigenvalue weighted by atomic mass is 10.1. The minimum Gasteiger partial charge on any atom is -0.459 e. The number of benzene rings is 2. The number of aromatic nitrogens is 1. The third-order valence-electron chi connectivity index (χ3n) is 3.26. The van der Waals surface area contributed by atoms with Gasteiger partial charge in [0.25, 0.3) is 0 Å². The summed E-state index contributed by atoms with van der Waals surface area (Å²) in [6, 6.07) is 18.4. The zero-order chi connectivity index (χ0) is 16.1. The molecule has 0 aliphatic rings. The van der Waals surface area contributed by atoms with Gasteiger partial charge in [-0.05, 0) is 29.8 Å². The van der Waals surface area contributed by atoms with Crippen LogP contribution in [0.2, 0.25) is 5.02 Å². The Morgan fingerprint density at radius 1 is 1.09 bits per heavy atom. The Bertz CT molecular complexity index is 782. The predicted molar refractivity (Wildman–Crippen MR) is 86.9 cm³/mol. The Labute approximate surface area is 138 Å². The predicted octanol–water partition coefficient (Wildman–Crippen LogP) is 4.28. The minimum absolute atomic E-state index is 0.0861. The maximum absolute atomic E-state index is 11.8. The van der Waals surface area contributed by atoms with Crippen LogP contribution in [0.4, 0.5) is 0 Å². The van der Waals surface area contributed by atoms with Gasteiger partial charge in [-0.1, -0.05) is 47.1 Å². The maximum Gasteiger partial charge on any atom is 0.310 e. The largest absolute Gasteiger partial charge is 0.459 e. The Morgan fingerprint density at radius 3 is 2.57 bits per heavy atom. The summed E-state index contributed by atoms with van der Waals surface area (Å²) in [4.78, 5) is 11.8. The third-order valence-corrected chi connectivity index (χ3v) is 3.51. The van der Waals surface area contributed by atoms with Crippen molar-refractivity contribution in [2.75, 3.05) is 0 Å². The molecule has 0 saturated heterocycles. The number of hydrogen-bond donors (Lipinski definition) is 0. The zero-order valence-electron chi connectivity index (χ0n) is 12.2. The number of carbonyl (C=O) groups excluding carboxylic acids is 1. The van der Waals surface area contributed by atoms with Gasteiger partial charge < -0.3 is 9.26 Å². The summed E-state index contributed by atoms with van der Waals surface area (Å²) in [5, 5.41) is 4.56. The highest BCUT2D eigenvalue weighted by Gasteiger charge is 2.10. The van der Waals surface area contributed by atoms with E-state index in [1.54, 1.807) is 18.2 Å². The lowest BCUT2D eigenvalue weighted by Crippen LogP contribution is -2.07. The fourth-order valence-corrected chi connectivity index (χ4v) is 2.22. The van der Waals surface area contributed by atoms with Gasteiger partial charge in [-0.25, -0.2) is 0 Å². The molecule has 0 spiro atoms. The van der Waals surface area contributed by atoms with Crippen molar-refractivity contribution in [3.8, 4) is 11.3 Å². The Kier molecular flexibility index (Phi) is 4.74. The quantitative estimate of drug-likeness (QED) is 0.656. The highest BCUT2D eigenvalue weighted by Crippen LogP contribution is 2.22. The highest BCUT2D eigenvalue weighted by atomic mass is 35.5. The molecule has 0 unspecified atom stereocenters. The summed E-state index contributed by atoms with van der Waals surface area (Å²) in [7, 11) is 0. The van der Waals surface area contributed by atoms with Crippen LogP contribution >= 0.6 is 11.6 Å². The van der Waals surface area contributed by atoms with E-state index < -0.39 is 0 Å². The smallest absolute Gasteiger partial charge is 0.310 e. The van der Waals surface area contributed by atoms with Crippen LogP contribution in [0.15, 0.2) is 65.2 Å². The number of hydrogen-bond acceptors (Lipinski definition) is 4. The van der Waals surface area contributed by atoms with Crippen molar-refractivity contribution in [1.82, 2.24) is 5.16 Å². The molecule has 23 heavy (non-hydrogen) atoms. The summed E-state index contributed by atoms with van der Waals surface area (Å²) >= 11 is 5.85. The number of ether oxygens (including phenoxy) is 1. The Morgan fingerprint density at radius 2 is 1.83 bits per heavy atom. The molecule has 3 rings (SSSR count). The normalized spacial score (nSPS) is 10.5. The van der Waals surface area contributed by atoms with E-state index in [0.717, 1.165) is 11.1 Å². The van der Waals surface area contributed by atoms with Crippen molar-refractivity contribution in [3.05, 3.63) is 76.9 Å². The Hall–Kier alpha value is -2.59. The van der Waals surface area contributed by atoms with Gasteiger partial charge in [-0.15, -0.1) is 0 Å². The van der Waals surface area contributed by atoms with Crippen molar-refractivity contribution in [2.24, 2.45) is 0 Å². The SMILES string of the molecule is O=C(Cc1ccccc1)OCc1cc(-c2ccc(Cl)cc2)on1. The van der Waals surface area contributed by atoms with Crippen LogP contribution in [-0.4, -0.2) is 11.1 Å². The molecule has 0 atom stereocenters. The van der Waals surface area contributed by atoms with Gasteiger partial charge in [0.2, 0.25) is 0 Å². The van der Waals surface area contributed by atoms with Crippen LogP contribution in [0, 0.1) is 0 Å². The van der Waals surface area contributed by atoms with Crippen molar-refractivity contribution >= 4 is 17.6 Å². The van der Waals surface area contributed by atoms with Gasteiger partial charge in [0.05, 0.1) is 6.42 Å². The lowest BCUT2D eigenvalue weighted by molar-refractivity contribution is -0.144. The van der Waals surface area contributed by atoms with E-state index in [1.165, 1.54) is 0 Å². The summed E-state index contributed by atoms with van der Waals surface area (Å²) < 4.78 is 10.5. The fourth-order valence-electron chi connectivity index (χ4n) is 2.10. The number of carbonyl (C=O) groups is 1. The monoisotopic (exact) mass is 327 g/mol. The van der Waals surface area contributed by atoms with Gasteiger partial charge >= 0.3 is 5.97 Å². The van der Waals surface area contributed by atoms with Crippen LogP contribution < -0.4 is 0 Å². The van der Waals surface area contributed by atoms with Gasteiger partial charge in [-0.3, -0.25) is 4.79 Å². The Balaban J connectivity index is 1.57. The van der Waals surface area contributed by atoms with E-state index in [0.29, 0.717) is 16.5 Å². The number of rotatable bonds is 5. The van der Waals surface area contributed by atoms with Crippen molar-refractivity contribution < 1.29 is 14.1 Å². The standard InChI is InChI=1S/C18H14ClNO3/c19-15-8-6-14(7-9-15)17-11-16(20-23-17)12-22-18(21)10-13-4-2-1-3-5-13/h1-9,11H,10,12H2. The van der Waals surface area contributed by atoms with Gasteiger partial charge in [0.15, 0.2) is 5.76 Å². The summed E-state index contributed by atoms with van der Waals surface area (Å²) in [6.45, 7) is 0.0861. The van der Waals surface area contributed by atoms with Crippen LogP contribution in [0.25, 0.3) is 11.3 Å². The second kappa shape index (κ2) is 7.11. The fraction of sp³-hybridized carbons (Fsp3) is 0.111. The molecule has 0 bridgehead atoms. The summed E-state index contributed by atoms with van der Waals surface area (Å²) in [6.07, 6.45) is 0.239. The van der Waals surface area contributed by atoms with Crippen LogP contribution in [0.3, 0.4) is 0 Å². The maximum atomic E-state index is 11.8. The average molecular weight is 328 g/mol. The van der Waals surface area contributed by atoms with Gasteiger partial charge in [0.1, 0.15) is 12.3 Å². The van der Waals surface area contributed by atoms with Crippen LogP contribution in [-0.2, 0) is 22.6 Å². The number of nitrogens with zero attached hydrogens (tertiary/aromatic N) is 1. The molecule has 0 aliphatic carbocycles. The first-order valence-electron chi connectivity index (χ1n) is 7.12. The molecule has 116 valence electrons. The van der Waals surface area contributed by atoms with E-state index in [1.807, 2.05) is 42.5 Å². The molecular weight excluding hydrogens is 314 g/mol. The molecule has 3 aromatic rings. The van der Waals surface area contributed by atoms with Crippen LogP contribution in [0.5, 0.6) is 0 Å². The summed E-state index contributed by atoms with van der Waals surface area (Å²) in [5.41, 5.74) is 2.35. The lowest BCUT2D eigenvalue weighted by Gasteiger charge is -2.02. The molecule has 1 aromatic heterocycles. The molecular formula is C18H14ClNO3. The minimum atomic E-state index is -0.299. The summed E-state index contributed by atoms with van der Waals surface area (Å²) in [5.74, 6) is 0.308. The number of halogens is 1. The number of esters is 1. The molecule has 4 nitrogen and oxygen atoms in total. The molecule has 0 saturated carbocycles. The molecule has 0 amide bonds. The zero-order valence-corrected chi connectivity index (χ0v) is 13.0. The van der Waals surface area contributed by atoms with Gasteiger partial charge in [0, 0.05) is 16.7 Å². The second-order valence-corrected chi connectivity index (χ2v) is 5.45. The van der Waals surface area contributed by atoms with Crippen molar-refractivity contribution in [3.63, 3.8) is 0 Å². The first kappa shape index (κ1) is 15.3. The van der Waals surface area contributed by atoms with E-state index in [-0.39, 0.29) is 19.0 Å². The van der Waals surface area contributed by atoms with E-state index >= 15 is 0 Å². The molecule has 2 aromatic carbocycles. The van der Waals surface area contributed by atoms with Crippen molar-refractivity contribution in [1.29, 1.82) is 0 Å². The first-order valence-corrected chi connectivity index (χ1v) is 7.49. The molecule has 0 aliphatic heterocycles. The molecule has 5 heteroatoms. The molecule has 1 heterocycles. The third kappa shape index (κ3) is 4.20. The van der Waals surface area contributed by atoms with Gasteiger partial charge in [-0.2, -0.15) is 0 Å². The molecule has 0 fully saturated rings. The molecule has 0 radical (unpaired) electrons. The average Bonchev–Trinajstić information content (AvgIpc) is 3.04.